The lowest BCUT2D eigenvalue weighted by Gasteiger charge is -2.16. The number of hydrogen-bond acceptors (Lipinski definition) is 5. The van der Waals surface area contributed by atoms with Crippen LogP contribution in [-0.4, -0.2) is 51.3 Å². The van der Waals surface area contributed by atoms with Crippen LogP contribution in [-0.2, 0) is 14.8 Å². The highest BCUT2D eigenvalue weighted by Crippen LogP contribution is 2.32. The predicted octanol–water partition coefficient (Wildman–Crippen LogP) is 3.60. The zero-order valence-electron chi connectivity index (χ0n) is 17.6. The van der Waals surface area contributed by atoms with Crippen LogP contribution in [0, 0.1) is 6.92 Å². The van der Waals surface area contributed by atoms with E-state index in [1.807, 2.05) is 13.0 Å². The summed E-state index contributed by atoms with van der Waals surface area (Å²) in [6, 6.07) is 14.7. The van der Waals surface area contributed by atoms with E-state index in [0.29, 0.717) is 11.4 Å². The summed E-state index contributed by atoms with van der Waals surface area (Å²) in [5.41, 5.74) is 1.55. The van der Waals surface area contributed by atoms with Gasteiger partial charge in [-0.15, -0.1) is 4.40 Å². The van der Waals surface area contributed by atoms with Gasteiger partial charge in [0, 0.05) is 20.3 Å². The van der Waals surface area contributed by atoms with Gasteiger partial charge in [0.1, 0.15) is 16.4 Å². The van der Waals surface area contributed by atoms with Crippen LogP contribution in [0.4, 0.5) is 0 Å². The zero-order chi connectivity index (χ0) is 22.6. The lowest BCUT2D eigenvalue weighted by atomic mass is 10.2. The summed E-state index contributed by atoms with van der Waals surface area (Å²) in [5, 5.41) is 0. The molecule has 1 heterocycles. The van der Waals surface area contributed by atoms with Gasteiger partial charge in [-0.2, -0.15) is 8.42 Å². The number of benzene rings is 2. The molecule has 0 aliphatic rings. The lowest BCUT2D eigenvalue weighted by Crippen LogP contribution is -2.25. The van der Waals surface area contributed by atoms with E-state index in [2.05, 4.69) is 9.38 Å². The normalized spacial score (nSPS) is 11.8. The maximum atomic E-state index is 13.3. The van der Waals surface area contributed by atoms with E-state index in [-0.39, 0.29) is 22.0 Å². The molecule has 0 saturated carbocycles. The Morgan fingerprint density at radius 3 is 2.45 bits per heavy atom. The molecule has 0 unspecified atom stereocenters. The number of aromatic nitrogens is 1. The van der Waals surface area contributed by atoms with Crippen LogP contribution in [0.1, 0.15) is 21.6 Å². The number of aromatic amines is 1. The average molecular weight is 442 g/mol. The Morgan fingerprint density at radius 2 is 1.84 bits per heavy atom. The number of H-pyrrole nitrogens is 1. The predicted molar refractivity (Wildman–Crippen MR) is 117 cm³/mol. The summed E-state index contributed by atoms with van der Waals surface area (Å²) < 4.78 is 41.3. The number of sulfonamides is 1. The number of ether oxygens (including phenoxy) is 2. The van der Waals surface area contributed by atoms with Gasteiger partial charge in [0.2, 0.25) is 0 Å². The molecule has 0 saturated heterocycles. The third-order valence-corrected chi connectivity index (χ3v) is 5.62. The van der Waals surface area contributed by atoms with Crippen LogP contribution in [0.2, 0.25) is 0 Å². The van der Waals surface area contributed by atoms with E-state index >= 15 is 0 Å². The van der Waals surface area contributed by atoms with Crippen molar-refractivity contribution in [3.63, 3.8) is 0 Å². The summed E-state index contributed by atoms with van der Waals surface area (Å²) in [5.74, 6) is 0.0461. The lowest BCUT2D eigenvalue weighted by molar-refractivity contribution is 0.0600. The van der Waals surface area contributed by atoms with Crippen LogP contribution >= 0.6 is 0 Å². The standard InChI is InChI=1S/C22H23N3O5S/c1-15-7-5-8-17(13-15)30-19-11-10-16(22(26)29-4)14-20(19)31(27,28)24-21(25(2)3)18-9-6-12-23-18/h5-14,23H,1-4H3. The fourth-order valence-corrected chi connectivity index (χ4v) is 4.08. The molecule has 0 bridgehead atoms. The molecule has 162 valence electrons. The second kappa shape index (κ2) is 9.05. The highest BCUT2D eigenvalue weighted by Gasteiger charge is 2.24. The number of hydrogen-bond donors (Lipinski definition) is 1. The third-order valence-electron chi connectivity index (χ3n) is 4.33. The second-order valence-electron chi connectivity index (χ2n) is 6.94. The first kappa shape index (κ1) is 22.1. The topological polar surface area (TPSA) is 101 Å². The summed E-state index contributed by atoms with van der Waals surface area (Å²) >= 11 is 0. The average Bonchev–Trinajstić information content (AvgIpc) is 3.26. The van der Waals surface area contributed by atoms with Crippen LogP contribution in [0.15, 0.2) is 70.1 Å². The summed E-state index contributed by atoms with van der Waals surface area (Å²) in [4.78, 5) is 16.3. The van der Waals surface area contributed by atoms with Gasteiger partial charge in [0.25, 0.3) is 10.0 Å². The SMILES string of the molecule is COC(=O)c1ccc(Oc2cccc(C)c2)c(S(=O)(=O)N=C(c2ccc[nH]2)N(C)C)c1. The van der Waals surface area contributed by atoms with E-state index in [4.69, 9.17) is 9.47 Å². The molecule has 0 radical (unpaired) electrons. The first-order chi connectivity index (χ1) is 14.7. The second-order valence-corrected chi connectivity index (χ2v) is 8.51. The fourth-order valence-electron chi connectivity index (χ4n) is 2.85. The summed E-state index contributed by atoms with van der Waals surface area (Å²) in [6.45, 7) is 1.90. The quantitative estimate of drug-likeness (QED) is 0.356. The molecule has 0 amide bonds. The number of carbonyl (C=O) groups is 1. The van der Waals surface area contributed by atoms with Gasteiger partial charge < -0.3 is 19.4 Å². The third kappa shape index (κ3) is 5.13. The molecule has 1 aromatic heterocycles. The van der Waals surface area contributed by atoms with E-state index < -0.39 is 16.0 Å². The minimum absolute atomic E-state index is 0.0478. The van der Waals surface area contributed by atoms with Crippen molar-refractivity contribution in [2.75, 3.05) is 21.2 Å². The molecular formula is C22H23N3O5S. The molecule has 0 aliphatic carbocycles. The monoisotopic (exact) mass is 441 g/mol. The molecule has 0 fully saturated rings. The molecule has 3 rings (SSSR count). The molecule has 8 nitrogen and oxygen atoms in total. The molecule has 3 aromatic rings. The molecule has 2 aromatic carbocycles. The Labute approximate surface area is 181 Å². The van der Waals surface area contributed by atoms with Crippen LogP contribution < -0.4 is 4.74 Å². The van der Waals surface area contributed by atoms with Crippen molar-refractivity contribution in [1.29, 1.82) is 0 Å². The number of carbonyl (C=O) groups excluding carboxylic acids is 1. The van der Waals surface area contributed by atoms with Crippen molar-refractivity contribution in [1.82, 2.24) is 9.88 Å². The summed E-state index contributed by atoms with van der Waals surface area (Å²) in [6.07, 6.45) is 1.67. The van der Waals surface area contributed by atoms with Gasteiger partial charge in [0.15, 0.2) is 5.84 Å². The molecular weight excluding hydrogens is 418 g/mol. The van der Waals surface area contributed by atoms with E-state index in [0.717, 1.165) is 5.56 Å². The van der Waals surface area contributed by atoms with Crippen LogP contribution in [0.3, 0.4) is 0 Å². The Bertz CT molecular complexity index is 1220. The van der Waals surface area contributed by atoms with Crippen LogP contribution in [0.25, 0.3) is 0 Å². The van der Waals surface area contributed by atoms with Crippen molar-refractivity contribution in [2.45, 2.75) is 11.8 Å². The maximum absolute atomic E-state index is 13.3. The molecule has 0 aliphatic heterocycles. The molecule has 0 atom stereocenters. The Kier molecular flexibility index (Phi) is 6.45. The van der Waals surface area contributed by atoms with Crippen molar-refractivity contribution in [2.24, 2.45) is 4.40 Å². The Morgan fingerprint density at radius 1 is 1.06 bits per heavy atom. The highest BCUT2D eigenvalue weighted by atomic mass is 32.2. The highest BCUT2D eigenvalue weighted by molar-refractivity contribution is 7.90. The fraction of sp³-hybridized carbons (Fsp3) is 0.182. The van der Waals surface area contributed by atoms with Gasteiger partial charge >= 0.3 is 5.97 Å². The molecule has 9 heteroatoms. The van der Waals surface area contributed by atoms with E-state index in [1.165, 1.54) is 25.3 Å². The van der Waals surface area contributed by atoms with Crippen molar-refractivity contribution in [3.05, 3.63) is 77.6 Å². The first-order valence-electron chi connectivity index (χ1n) is 9.34. The van der Waals surface area contributed by atoms with E-state index in [1.54, 1.807) is 55.5 Å². The van der Waals surface area contributed by atoms with Gasteiger partial charge in [-0.1, -0.05) is 12.1 Å². The minimum atomic E-state index is -4.26. The maximum Gasteiger partial charge on any atom is 0.337 e. The number of amidine groups is 1. The number of nitrogens with one attached hydrogen (secondary N) is 1. The largest absolute Gasteiger partial charge is 0.465 e. The van der Waals surface area contributed by atoms with E-state index in [9.17, 15) is 13.2 Å². The molecule has 31 heavy (non-hydrogen) atoms. The van der Waals surface area contributed by atoms with Gasteiger partial charge in [-0.05, 0) is 55.0 Å². The molecule has 0 spiro atoms. The number of aryl methyl sites for hydroxylation is 1. The first-order valence-corrected chi connectivity index (χ1v) is 10.8. The number of rotatable bonds is 6. The Hall–Kier alpha value is -3.59. The van der Waals surface area contributed by atoms with Gasteiger partial charge in [-0.3, -0.25) is 0 Å². The van der Waals surface area contributed by atoms with Crippen molar-refractivity contribution < 1.29 is 22.7 Å². The Balaban J connectivity index is 2.15. The zero-order valence-corrected chi connectivity index (χ0v) is 18.4. The van der Waals surface area contributed by atoms with Crippen molar-refractivity contribution in [3.8, 4) is 11.5 Å². The number of nitrogens with zero attached hydrogens (tertiary/aromatic N) is 2. The summed E-state index contributed by atoms with van der Waals surface area (Å²) in [7, 11) is 0.331. The van der Waals surface area contributed by atoms with Crippen LogP contribution in [0.5, 0.6) is 11.5 Å². The van der Waals surface area contributed by atoms with Gasteiger partial charge in [0.05, 0.1) is 18.4 Å². The number of esters is 1. The molecule has 1 N–H and O–H groups in total. The smallest absolute Gasteiger partial charge is 0.337 e. The number of methoxy groups -OCH3 is 1. The van der Waals surface area contributed by atoms with Gasteiger partial charge in [-0.25, -0.2) is 4.79 Å². The minimum Gasteiger partial charge on any atom is -0.465 e. The van der Waals surface area contributed by atoms with Crippen molar-refractivity contribution >= 4 is 21.8 Å².